The van der Waals surface area contributed by atoms with Crippen LogP contribution >= 0.6 is 38.6 Å². The van der Waals surface area contributed by atoms with Crippen molar-refractivity contribution in [3.8, 4) is 0 Å². The van der Waals surface area contributed by atoms with E-state index in [-0.39, 0.29) is 0 Å². The van der Waals surface area contributed by atoms with E-state index in [1.165, 1.54) is 24.7 Å². The van der Waals surface area contributed by atoms with Crippen LogP contribution in [0.4, 0.5) is 0 Å². The van der Waals surface area contributed by atoms with Crippen molar-refractivity contribution in [3.63, 3.8) is 0 Å². The minimum absolute atomic E-state index is 0.327. The summed E-state index contributed by atoms with van der Waals surface area (Å²) in [4.78, 5) is 4.16. The summed E-state index contributed by atoms with van der Waals surface area (Å²) in [7, 11) is 0. The van der Waals surface area contributed by atoms with Crippen LogP contribution in [0.2, 0.25) is 0 Å². The first-order valence-electron chi connectivity index (χ1n) is 5.66. The second-order valence-corrected chi connectivity index (χ2v) is 7.12. The van der Waals surface area contributed by atoms with Crippen molar-refractivity contribution in [2.24, 2.45) is 0 Å². The summed E-state index contributed by atoms with van der Waals surface area (Å²) in [6.07, 6.45) is 0. The molecule has 1 unspecified atom stereocenters. The third-order valence-corrected chi connectivity index (χ3v) is 5.79. The first kappa shape index (κ1) is 13.3. The lowest BCUT2D eigenvalue weighted by atomic mass is 10.1. The summed E-state index contributed by atoms with van der Waals surface area (Å²) >= 11 is 7.37. The molecule has 0 saturated heterocycles. The number of rotatable bonds is 4. The molecule has 2 rings (SSSR count). The van der Waals surface area contributed by atoms with Gasteiger partial charge in [0.1, 0.15) is 0 Å². The van der Waals surface area contributed by atoms with Gasteiger partial charge in [-0.2, -0.15) is 0 Å². The largest absolute Gasteiger partial charge is 0.305 e. The second kappa shape index (κ2) is 5.65. The quantitative estimate of drug-likeness (QED) is 0.842. The van der Waals surface area contributed by atoms with E-state index in [1.807, 2.05) is 22.7 Å². The van der Waals surface area contributed by atoms with Gasteiger partial charge in [0.05, 0.1) is 6.04 Å². The molecule has 0 saturated carbocycles. The van der Waals surface area contributed by atoms with Crippen LogP contribution in [0.25, 0.3) is 0 Å². The van der Waals surface area contributed by atoms with Gasteiger partial charge < -0.3 is 5.32 Å². The molecule has 0 aliphatic rings. The van der Waals surface area contributed by atoms with Gasteiger partial charge in [-0.1, -0.05) is 6.92 Å². The molecule has 1 atom stereocenters. The number of aryl methyl sites for hydroxylation is 2. The molecule has 2 aromatic heterocycles. The van der Waals surface area contributed by atoms with Gasteiger partial charge in [-0.25, -0.2) is 0 Å². The molecular weight excluding hydrogens is 314 g/mol. The van der Waals surface area contributed by atoms with Gasteiger partial charge in [-0.15, -0.1) is 22.7 Å². The van der Waals surface area contributed by atoms with Crippen LogP contribution in [0, 0.1) is 13.8 Å². The maximum absolute atomic E-state index is 3.67. The molecule has 4 heteroatoms. The Morgan fingerprint density at radius 1 is 1.35 bits per heavy atom. The Morgan fingerprint density at radius 2 is 2.12 bits per heavy atom. The van der Waals surface area contributed by atoms with Gasteiger partial charge in [-0.05, 0) is 59.4 Å². The Bertz CT molecular complexity index is 501. The van der Waals surface area contributed by atoms with Crippen molar-refractivity contribution in [1.82, 2.24) is 5.32 Å². The van der Waals surface area contributed by atoms with E-state index in [2.05, 4.69) is 59.5 Å². The summed E-state index contributed by atoms with van der Waals surface area (Å²) in [5.74, 6) is 0. The highest BCUT2D eigenvalue weighted by molar-refractivity contribution is 9.10. The Hall–Kier alpha value is -0.160. The molecule has 0 fully saturated rings. The average molecular weight is 330 g/mol. The minimum Gasteiger partial charge on any atom is -0.305 e. The van der Waals surface area contributed by atoms with Crippen molar-refractivity contribution in [2.75, 3.05) is 6.54 Å². The number of hydrogen-bond donors (Lipinski definition) is 1. The molecule has 2 aromatic rings. The predicted octanol–water partition coefficient (Wildman–Crippen LogP) is 4.89. The maximum atomic E-state index is 3.67. The molecular formula is C13H16BrNS2. The summed E-state index contributed by atoms with van der Waals surface area (Å²) in [6, 6.07) is 4.72. The van der Waals surface area contributed by atoms with Gasteiger partial charge >= 0.3 is 0 Å². The van der Waals surface area contributed by atoms with Gasteiger partial charge in [0.2, 0.25) is 0 Å². The minimum atomic E-state index is 0.327. The van der Waals surface area contributed by atoms with Crippen LogP contribution in [-0.4, -0.2) is 6.54 Å². The predicted molar refractivity (Wildman–Crippen MR) is 81.3 cm³/mol. The molecule has 17 heavy (non-hydrogen) atoms. The van der Waals surface area contributed by atoms with E-state index >= 15 is 0 Å². The summed E-state index contributed by atoms with van der Waals surface area (Å²) in [6.45, 7) is 7.48. The molecule has 0 bridgehead atoms. The van der Waals surface area contributed by atoms with E-state index in [0.29, 0.717) is 6.04 Å². The normalized spacial score (nSPS) is 12.9. The zero-order valence-corrected chi connectivity index (χ0v) is 13.4. The summed E-state index contributed by atoms with van der Waals surface area (Å²) in [5.41, 5.74) is 1.37. The first-order chi connectivity index (χ1) is 8.13. The zero-order valence-electron chi connectivity index (χ0n) is 10.2. The monoisotopic (exact) mass is 329 g/mol. The summed E-state index contributed by atoms with van der Waals surface area (Å²) in [5, 5.41) is 5.76. The molecule has 0 amide bonds. The maximum Gasteiger partial charge on any atom is 0.0779 e. The smallest absolute Gasteiger partial charge is 0.0779 e. The lowest BCUT2D eigenvalue weighted by Gasteiger charge is -2.17. The number of nitrogens with one attached hydrogen (secondary N) is 1. The lowest BCUT2D eigenvalue weighted by Crippen LogP contribution is -2.21. The molecule has 2 heterocycles. The second-order valence-electron chi connectivity index (χ2n) is 4.03. The topological polar surface area (TPSA) is 12.0 Å². The van der Waals surface area contributed by atoms with E-state index in [9.17, 15) is 0 Å². The Morgan fingerprint density at radius 3 is 2.59 bits per heavy atom. The molecule has 0 aliphatic heterocycles. The fourth-order valence-corrected chi connectivity index (χ4v) is 4.94. The zero-order chi connectivity index (χ0) is 12.4. The fraction of sp³-hybridized carbons (Fsp3) is 0.385. The third-order valence-electron chi connectivity index (χ3n) is 2.67. The van der Waals surface area contributed by atoms with Gasteiger partial charge in [0.25, 0.3) is 0 Å². The van der Waals surface area contributed by atoms with Crippen molar-refractivity contribution in [1.29, 1.82) is 0 Å². The van der Waals surface area contributed by atoms with Crippen LogP contribution in [0.1, 0.15) is 33.2 Å². The van der Waals surface area contributed by atoms with Crippen LogP contribution in [0.15, 0.2) is 22.0 Å². The molecule has 0 spiro atoms. The summed E-state index contributed by atoms with van der Waals surface area (Å²) < 4.78 is 1.22. The molecule has 0 aromatic carbocycles. The molecule has 92 valence electrons. The SMILES string of the molecule is CCNC(c1sccc1C)c1sc(C)cc1Br. The Labute approximate surface area is 119 Å². The number of halogens is 1. The highest BCUT2D eigenvalue weighted by Crippen LogP contribution is 2.38. The van der Waals surface area contributed by atoms with Crippen molar-refractivity contribution in [3.05, 3.63) is 42.2 Å². The molecule has 0 aliphatic carbocycles. The van der Waals surface area contributed by atoms with Gasteiger partial charge in [-0.3, -0.25) is 0 Å². The highest BCUT2D eigenvalue weighted by Gasteiger charge is 2.20. The van der Waals surface area contributed by atoms with Crippen LogP contribution < -0.4 is 5.32 Å². The van der Waals surface area contributed by atoms with Crippen molar-refractivity contribution >= 4 is 38.6 Å². The van der Waals surface area contributed by atoms with Crippen molar-refractivity contribution in [2.45, 2.75) is 26.8 Å². The first-order valence-corrected chi connectivity index (χ1v) is 8.15. The average Bonchev–Trinajstić information content (AvgIpc) is 2.82. The van der Waals surface area contributed by atoms with E-state index in [1.54, 1.807) is 0 Å². The molecule has 0 radical (unpaired) electrons. The molecule has 1 N–H and O–H groups in total. The third kappa shape index (κ3) is 2.81. The Kier molecular flexibility index (Phi) is 4.42. The standard InChI is InChI=1S/C13H16BrNS2/c1-4-15-11(12-8(2)5-6-16-12)13-10(14)7-9(3)17-13/h5-7,11,15H,4H2,1-3H3. The lowest BCUT2D eigenvalue weighted by molar-refractivity contribution is 0.644. The number of hydrogen-bond acceptors (Lipinski definition) is 3. The highest BCUT2D eigenvalue weighted by atomic mass is 79.9. The van der Waals surface area contributed by atoms with Crippen molar-refractivity contribution < 1.29 is 0 Å². The molecule has 1 nitrogen and oxygen atoms in total. The van der Waals surface area contributed by atoms with Gasteiger partial charge in [0, 0.05) is 19.1 Å². The van der Waals surface area contributed by atoms with E-state index in [4.69, 9.17) is 0 Å². The number of thiophene rings is 2. The van der Waals surface area contributed by atoms with E-state index in [0.717, 1.165) is 6.54 Å². The van der Waals surface area contributed by atoms with Crippen LogP contribution in [-0.2, 0) is 0 Å². The van der Waals surface area contributed by atoms with Crippen LogP contribution in [0.5, 0.6) is 0 Å². The van der Waals surface area contributed by atoms with Gasteiger partial charge in [0.15, 0.2) is 0 Å². The Balaban J connectivity index is 2.42. The fourth-order valence-electron chi connectivity index (χ4n) is 1.89. The van der Waals surface area contributed by atoms with E-state index < -0.39 is 0 Å². The van der Waals surface area contributed by atoms with Crippen LogP contribution in [0.3, 0.4) is 0 Å².